The van der Waals surface area contributed by atoms with Crippen molar-refractivity contribution >= 4 is 5.69 Å². The Labute approximate surface area is 82.9 Å². The molecule has 0 saturated carbocycles. The topological polar surface area (TPSA) is 64.3 Å². The third-order valence-corrected chi connectivity index (χ3v) is 2.39. The summed E-state index contributed by atoms with van der Waals surface area (Å²) in [4.78, 5) is 10.3. The molecule has 14 heavy (non-hydrogen) atoms. The smallest absolute Gasteiger partial charge is 0.316 e. The van der Waals surface area contributed by atoms with Crippen molar-refractivity contribution in [3.63, 3.8) is 0 Å². The Bertz CT molecular complexity index is 300. The van der Waals surface area contributed by atoms with Crippen LogP contribution < -0.4 is 15.4 Å². The molecule has 0 spiro atoms. The molecule has 2 heterocycles. The third-order valence-electron chi connectivity index (χ3n) is 2.39. The molecule has 1 aromatic heterocycles. The lowest BCUT2D eigenvalue weighted by atomic mass is 10.3. The molecular weight excluding hydrogens is 180 g/mol. The summed E-state index contributed by atoms with van der Waals surface area (Å²) in [6.45, 7) is 1.87. The Balaban J connectivity index is 2.09. The van der Waals surface area contributed by atoms with Gasteiger partial charge in [-0.05, 0) is 6.42 Å². The van der Waals surface area contributed by atoms with Crippen molar-refractivity contribution in [3.8, 4) is 6.01 Å². The van der Waals surface area contributed by atoms with Crippen LogP contribution in [0.2, 0.25) is 0 Å². The van der Waals surface area contributed by atoms with Crippen LogP contribution in [-0.4, -0.2) is 36.2 Å². The van der Waals surface area contributed by atoms with Gasteiger partial charge < -0.3 is 15.4 Å². The molecule has 1 fully saturated rings. The van der Waals surface area contributed by atoms with E-state index in [1.165, 1.54) is 0 Å². The van der Waals surface area contributed by atoms with Crippen LogP contribution in [0.5, 0.6) is 6.01 Å². The zero-order valence-corrected chi connectivity index (χ0v) is 8.18. The molecule has 1 aromatic rings. The molecule has 1 saturated heterocycles. The van der Waals surface area contributed by atoms with Crippen molar-refractivity contribution in [2.24, 2.45) is 5.73 Å². The van der Waals surface area contributed by atoms with Crippen molar-refractivity contribution in [1.29, 1.82) is 0 Å². The number of aromatic nitrogens is 2. The van der Waals surface area contributed by atoms with Gasteiger partial charge >= 0.3 is 6.01 Å². The van der Waals surface area contributed by atoms with E-state index in [2.05, 4.69) is 14.9 Å². The summed E-state index contributed by atoms with van der Waals surface area (Å²) in [5.74, 6) is 0. The maximum absolute atomic E-state index is 5.81. The Morgan fingerprint density at radius 1 is 1.50 bits per heavy atom. The van der Waals surface area contributed by atoms with E-state index in [1.54, 1.807) is 19.5 Å². The second-order valence-electron chi connectivity index (χ2n) is 3.42. The summed E-state index contributed by atoms with van der Waals surface area (Å²) < 4.78 is 4.89. The fourth-order valence-electron chi connectivity index (χ4n) is 1.60. The minimum atomic E-state index is 0.275. The van der Waals surface area contributed by atoms with Gasteiger partial charge in [0.15, 0.2) is 0 Å². The molecule has 0 aliphatic carbocycles. The molecule has 0 unspecified atom stereocenters. The van der Waals surface area contributed by atoms with Gasteiger partial charge in [-0.2, -0.15) is 0 Å². The van der Waals surface area contributed by atoms with Gasteiger partial charge in [-0.1, -0.05) is 0 Å². The Kier molecular flexibility index (Phi) is 2.49. The van der Waals surface area contributed by atoms with Crippen molar-refractivity contribution in [1.82, 2.24) is 9.97 Å². The van der Waals surface area contributed by atoms with Gasteiger partial charge in [0.2, 0.25) is 0 Å². The van der Waals surface area contributed by atoms with Crippen LogP contribution in [0.3, 0.4) is 0 Å². The summed E-state index contributed by atoms with van der Waals surface area (Å²) in [7, 11) is 1.56. The maximum atomic E-state index is 5.81. The first-order chi connectivity index (χ1) is 6.79. The van der Waals surface area contributed by atoms with Crippen LogP contribution in [0.1, 0.15) is 6.42 Å². The summed E-state index contributed by atoms with van der Waals surface area (Å²) in [6, 6.07) is 0.675. The SMILES string of the molecule is COc1ncc(N2CC[C@@H](N)C2)cn1. The zero-order chi connectivity index (χ0) is 9.97. The molecule has 0 radical (unpaired) electrons. The number of ether oxygens (including phenoxy) is 1. The Morgan fingerprint density at radius 3 is 2.71 bits per heavy atom. The second kappa shape index (κ2) is 3.79. The van der Waals surface area contributed by atoms with E-state index in [0.29, 0.717) is 6.01 Å². The monoisotopic (exact) mass is 194 g/mol. The summed E-state index contributed by atoms with van der Waals surface area (Å²) in [6.07, 6.45) is 4.57. The number of hydrogen-bond donors (Lipinski definition) is 1. The predicted octanol–water partition coefficient (Wildman–Crippen LogP) is 0.0226. The molecule has 1 aliphatic rings. The highest BCUT2D eigenvalue weighted by Gasteiger charge is 2.19. The molecule has 5 nitrogen and oxygen atoms in total. The molecular formula is C9H14N4O. The molecule has 1 aliphatic heterocycles. The maximum Gasteiger partial charge on any atom is 0.316 e. The normalized spacial score (nSPS) is 21.3. The van der Waals surface area contributed by atoms with Crippen LogP contribution in [0.4, 0.5) is 5.69 Å². The molecule has 1 atom stereocenters. The van der Waals surface area contributed by atoms with Gasteiger partial charge in [-0.15, -0.1) is 0 Å². The molecule has 0 amide bonds. The average molecular weight is 194 g/mol. The summed E-state index contributed by atoms with van der Waals surface area (Å²) >= 11 is 0. The molecule has 5 heteroatoms. The highest BCUT2D eigenvalue weighted by Crippen LogP contribution is 2.18. The van der Waals surface area contributed by atoms with Crippen LogP contribution in [-0.2, 0) is 0 Å². The number of nitrogens with two attached hydrogens (primary N) is 1. The van der Waals surface area contributed by atoms with Gasteiger partial charge in [-0.25, -0.2) is 9.97 Å². The highest BCUT2D eigenvalue weighted by molar-refractivity contribution is 5.43. The van der Waals surface area contributed by atoms with Crippen LogP contribution in [0.15, 0.2) is 12.4 Å². The Hall–Kier alpha value is -1.36. The number of anilines is 1. The lowest BCUT2D eigenvalue weighted by Crippen LogP contribution is -2.26. The van der Waals surface area contributed by atoms with Crippen LogP contribution >= 0.6 is 0 Å². The Morgan fingerprint density at radius 2 is 2.21 bits per heavy atom. The lowest BCUT2D eigenvalue weighted by Gasteiger charge is -2.16. The van der Waals surface area contributed by atoms with Gasteiger partial charge in [0.1, 0.15) is 0 Å². The van der Waals surface area contributed by atoms with Gasteiger partial charge in [0.05, 0.1) is 25.2 Å². The van der Waals surface area contributed by atoms with Crippen molar-refractivity contribution in [2.45, 2.75) is 12.5 Å². The van der Waals surface area contributed by atoms with E-state index in [0.717, 1.165) is 25.2 Å². The molecule has 0 bridgehead atoms. The molecule has 0 aromatic carbocycles. The third kappa shape index (κ3) is 1.77. The lowest BCUT2D eigenvalue weighted by molar-refractivity contribution is 0.380. The van der Waals surface area contributed by atoms with E-state index in [9.17, 15) is 0 Å². The van der Waals surface area contributed by atoms with Crippen LogP contribution in [0, 0.1) is 0 Å². The largest absolute Gasteiger partial charge is 0.467 e. The van der Waals surface area contributed by atoms with E-state index in [-0.39, 0.29) is 6.04 Å². The standard InChI is InChI=1S/C9H14N4O/c1-14-9-11-4-8(5-12-9)13-3-2-7(10)6-13/h4-5,7H,2-3,6,10H2,1H3/t7-/m1/s1. The van der Waals surface area contributed by atoms with Gasteiger partial charge in [0.25, 0.3) is 0 Å². The number of methoxy groups -OCH3 is 1. The van der Waals surface area contributed by atoms with E-state index in [1.807, 2.05) is 0 Å². The number of hydrogen-bond acceptors (Lipinski definition) is 5. The first-order valence-corrected chi connectivity index (χ1v) is 4.66. The molecule has 2 N–H and O–H groups in total. The summed E-state index contributed by atoms with van der Waals surface area (Å²) in [5.41, 5.74) is 6.82. The predicted molar refractivity (Wildman–Crippen MR) is 53.4 cm³/mol. The van der Waals surface area contributed by atoms with Crippen molar-refractivity contribution in [2.75, 3.05) is 25.1 Å². The first-order valence-electron chi connectivity index (χ1n) is 4.66. The average Bonchev–Trinajstić information content (AvgIpc) is 2.65. The van der Waals surface area contributed by atoms with Crippen molar-refractivity contribution < 1.29 is 4.74 Å². The van der Waals surface area contributed by atoms with E-state index < -0.39 is 0 Å². The number of nitrogens with zero attached hydrogens (tertiary/aromatic N) is 3. The van der Waals surface area contributed by atoms with E-state index >= 15 is 0 Å². The van der Waals surface area contributed by atoms with Gasteiger partial charge in [-0.3, -0.25) is 0 Å². The summed E-state index contributed by atoms with van der Waals surface area (Å²) in [5, 5.41) is 0. The van der Waals surface area contributed by atoms with Crippen LogP contribution in [0.25, 0.3) is 0 Å². The number of rotatable bonds is 2. The quantitative estimate of drug-likeness (QED) is 0.719. The second-order valence-corrected chi connectivity index (χ2v) is 3.42. The zero-order valence-electron chi connectivity index (χ0n) is 8.18. The highest BCUT2D eigenvalue weighted by atomic mass is 16.5. The minimum absolute atomic E-state index is 0.275. The fraction of sp³-hybridized carbons (Fsp3) is 0.556. The minimum Gasteiger partial charge on any atom is -0.467 e. The molecule has 2 rings (SSSR count). The van der Waals surface area contributed by atoms with Crippen molar-refractivity contribution in [3.05, 3.63) is 12.4 Å². The first kappa shape index (κ1) is 9.21. The van der Waals surface area contributed by atoms with E-state index in [4.69, 9.17) is 10.5 Å². The molecule has 76 valence electrons. The fourth-order valence-corrected chi connectivity index (χ4v) is 1.60. The van der Waals surface area contributed by atoms with Gasteiger partial charge in [0, 0.05) is 19.1 Å².